The minimum Gasteiger partial charge on any atom is -0.444 e. The lowest BCUT2D eigenvalue weighted by Gasteiger charge is -2.52. The molecule has 3 rings (SSSR count). The van der Waals surface area contributed by atoms with Crippen LogP contribution in [0.5, 0.6) is 0 Å². The minimum absolute atomic E-state index is 0.195. The molecule has 2 fully saturated rings. The summed E-state index contributed by atoms with van der Waals surface area (Å²) in [4.78, 5) is 14.0. The number of hydrogen-bond acceptors (Lipinski definition) is 3. The van der Waals surface area contributed by atoms with E-state index in [2.05, 4.69) is 5.32 Å². The maximum atomic E-state index is 12.2. The molecule has 0 unspecified atom stereocenters. The second kappa shape index (κ2) is 6.88. The van der Waals surface area contributed by atoms with Gasteiger partial charge in [0.05, 0.1) is 15.7 Å². The lowest BCUT2D eigenvalue weighted by atomic mass is 9.60. The molecule has 1 aliphatic heterocycles. The second-order valence-corrected chi connectivity index (χ2v) is 9.13. The smallest absolute Gasteiger partial charge is 0.410 e. The van der Waals surface area contributed by atoms with Gasteiger partial charge in [0.15, 0.2) is 0 Å². The van der Waals surface area contributed by atoms with Crippen LogP contribution in [0.25, 0.3) is 0 Å². The molecule has 138 valence electrons. The van der Waals surface area contributed by atoms with Gasteiger partial charge < -0.3 is 15.0 Å². The van der Waals surface area contributed by atoms with Gasteiger partial charge in [-0.25, -0.2) is 4.79 Å². The molecule has 25 heavy (non-hydrogen) atoms. The Labute approximate surface area is 159 Å². The number of para-hydroxylation sites is 1. The highest BCUT2D eigenvalue weighted by Crippen LogP contribution is 2.50. The summed E-state index contributed by atoms with van der Waals surface area (Å²) in [5.41, 5.74) is 0.729. The van der Waals surface area contributed by atoms with Crippen LogP contribution in [0.3, 0.4) is 0 Å². The van der Waals surface area contributed by atoms with E-state index in [1.54, 1.807) is 0 Å². The van der Waals surface area contributed by atoms with Crippen molar-refractivity contribution in [2.24, 2.45) is 5.41 Å². The van der Waals surface area contributed by atoms with Crippen LogP contribution in [0.4, 0.5) is 10.5 Å². The van der Waals surface area contributed by atoms with E-state index in [9.17, 15) is 4.79 Å². The highest BCUT2D eigenvalue weighted by atomic mass is 35.5. The Hall–Kier alpha value is -1.13. The van der Waals surface area contributed by atoms with Crippen molar-refractivity contribution in [1.82, 2.24) is 4.90 Å². The van der Waals surface area contributed by atoms with Crippen molar-refractivity contribution < 1.29 is 9.53 Å². The highest BCUT2D eigenvalue weighted by molar-refractivity contribution is 6.39. The van der Waals surface area contributed by atoms with Crippen LogP contribution < -0.4 is 5.32 Å². The average molecular weight is 385 g/mol. The van der Waals surface area contributed by atoms with Crippen molar-refractivity contribution in [3.63, 3.8) is 0 Å². The van der Waals surface area contributed by atoms with E-state index < -0.39 is 5.60 Å². The van der Waals surface area contributed by atoms with Crippen LogP contribution in [0, 0.1) is 5.41 Å². The molecule has 1 amide bonds. The molecule has 1 aromatic rings. The molecule has 0 bridgehead atoms. The molecule has 6 heteroatoms. The molecular weight excluding hydrogens is 359 g/mol. The first-order chi connectivity index (χ1) is 11.7. The normalized spacial score (nSPS) is 20.3. The standard InChI is InChI=1S/C19H26Cl2N2O2/c1-18(2,3)25-17(24)23-9-7-19(8-10-23)11-13(12-19)22-16-14(20)5-4-6-15(16)21/h4-6,13,22H,7-12H2,1-3H3. The number of amides is 1. The van der Waals surface area contributed by atoms with Crippen LogP contribution in [-0.2, 0) is 4.74 Å². The van der Waals surface area contributed by atoms with E-state index in [1.807, 2.05) is 43.9 Å². The predicted molar refractivity (Wildman–Crippen MR) is 103 cm³/mol. The number of nitrogens with one attached hydrogen (secondary N) is 1. The van der Waals surface area contributed by atoms with Crippen molar-refractivity contribution in [2.45, 2.75) is 58.1 Å². The van der Waals surface area contributed by atoms with Gasteiger partial charge in [-0.05, 0) is 64.0 Å². The zero-order chi connectivity index (χ0) is 18.2. The van der Waals surface area contributed by atoms with E-state index >= 15 is 0 Å². The summed E-state index contributed by atoms with van der Waals surface area (Å²) in [7, 11) is 0. The summed E-state index contributed by atoms with van der Waals surface area (Å²) in [6.45, 7) is 7.25. The Balaban J connectivity index is 1.49. The number of nitrogens with zero attached hydrogens (tertiary/aromatic N) is 1. The SMILES string of the molecule is CC(C)(C)OC(=O)N1CCC2(CC1)CC(Nc1c(Cl)cccc1Cl)C2. The van der Waals surface area contributed by atoms with E-state index in [-0.39, 0.29) is 6.09 Å². The minimum atomic E-state index is -0.439. The quantitative estimate of drug-likeness (QED) is 0.722. The number of halogens is 2. The van der Waals surface area contributed by atoms with Crippen molar-refractivity contribution >= 4 is 35.0 Å². The molecule has 1 spiro atoms. The molecule has 1 saturated heterocycles. The number of carbonyl (C=O) groups is 1. The average Bonchev–Trinajstić information content (AvgIpc) is 2.48. The number of likely N-dealkylation sites (tertiary alicyclic amines) is 1. The molecule has 2 aliphatic rings. The van der Waals surface area contributed by atoms with Crippen LogP contribution in [0.2, 0.25) is 10.0 Å². The maximum absolute atomic E-state index is 12.2. The lowest BCUT2D eigenvalue weighted by molar-refractivity contribution is -0.00859. The van der Waals surface area contributed by atoms with Gasteiger partial charge in [0.25, 0.3) is 0 Å². The second-order valence-electron chi connectivity index (χ2n) is 8.31. The van der Waals surface area contributed by atoms with Crippen molar-refractivity contribution in [1.29, 1.82) is 0 Å². The van der Waals surface area contributed by atoms with Gasteiger partial charge in [0.2, 0.25) is 0 Å². The first-order valence-electron chi connectivity index (χ1n) is 8.86. The summed E-state index contributed by atoms with van der Waals surface area (Å²) in [5, 5.41) is 4.80. The maximum Gasteiger partial charge on any atom is 0.410 e. The monoisotopic (exact) mass is 384 g/mol. The molecule has 1 N–H and O–H groups in total. The summed E-state index contributed by atoms with van der Waals surface area (Å²) in [6.07, 6.45) is 4.05. The molecule has 0 aromatic heterocycles. The molecule has 1 aromatic carbocycles. The van der Waals surface area contributed by atoms with Crippen molar-refractivity contribution in [3.8, 4) is 0 Å². The Morgan fingerprint density at radius 1 is 1.20 bits per heavy atom. The Bertz CT molecular complexity index is 621. The van der Waals surface area contributed by atoms with Gasteiger partial charge in [-0.1, -0.05) is 29.3 Å². The number of hydrogen-bond donors (Lipinski definition) is 1. The van der Waals surface area contributed by atoms with E-state index in [0.29, 0.717) is 21.5 Å². The molecule has 1 saturated carbocycles. The van der Waals surface area contributed by atoms with Gasteiger partial charge in [0.1, 0.15) is 5.60 Å². The molecule has 1 aliphatic carbocycles. The first kappa shape index (κ1) is 18.7. The molecular formula is C19H26Cl2N2O2. The zero-order valence-electron chi connectivity index (χ0n) is 15.1. The summed E-state index contributed by atoms with van der Waals surface area (Å²) >= 11 is 12.5. The Morgan fingerprint density at radius 3 is 2.28 bits per heavy atom. The van der Waals surface area contributed by atoms with E-state index in [0.717, 1.165) is 44.5 Å². The van der Waals surface area contributed by atoms with Crippen LogP contribution in [0.1, 0.15) is 46.5 Å². The van der Waals surface area contributed by atoms with E-state index in [1.165, 1.54) is 0 Å². The number of piperidine rings is 1. The third-order valence-electron chi connectivity index (χ3n) is 5.15. The Morgan fingerprint density at radius 2 is 1.76 bits per heavy atom. The van der Waals surface area contributed by atoms with Gasteiger partial charge in [-0.2, -0.15) is 0 Å². The number of ether oxygens (including phenoxy) is 1. The fourth-order valence-corrected chi connectivity index (χ4v) is 4.33. The van der Waals surface area contributed by atoms with Gasteiger partial charge >= 0.3 is 6.09 Å². The zero-order valence-corrected chi connectivity index (χ0v) is 16.6. The number of benzene rings is 1. The van der Waals surface area contributed by atoms with Crippen LogP contribution >= 0.6 is 23.2 Å². The third kappa shape index (κ3) is 4.35. The summed E-state index contributed by atoms with van der Waals surface area (Å²) in [6, 6.07) is 5.95. The van der Waals surface area contributed by atoms with Crippen molar-refractivity contribution in [2.75, 3.05) is 18.4 Å². The van der Waals surface area contributed by atoms with Gasteiger partial charge in [0, 0.05) is 19.1 Å². The molecule has 4 nitrogen and oxygen atoms in total. The lowest BCUT2D eigenvalue weighted by Crippen LogP contribution is -2.53. The topological polar surface area (TPSA) is 41.6 Å². The predicted octanol–water partition coefficient (Wildman–Crippen LogP) is 5.59. The van der Waals surface area contributed by atoms with Crippen molar-refractivity contribution in [3.05, 3.63) is 28.2 Å². The fraction of sp³-hybridized carbons (Fsp3) is 0.632. The molecule has 1 heterocycles. The van der Waals surface area contributed by atoms with Gasteiger partial charge in [-0.15, -0.1) is 0 Å². The largest absolute Gasteiger partial charge is 0.444 e. The number of rotatable bonds is 2. The fourth-order valence-electron chi connectivity index (χ4n) is 3.83. The van der Waals surface area contributed by atoms with Crippen LogP contribution in [0.15, 0.2) is 18.2 Å². The first-order valence-corrected chi connectivity index (χ1v) is 9.62. The highest BCUT2D eigenvalue weighted by Gasteiger charge is 2.46. The summed E-state index contributed by atoms with van der Waals surface area (Å²) < 4.78 is 5.47. The Kier molecular flexibility index (Phi) is 5.13. The van der Waals surface area contributed by atoms with Crippen LogP contribution in [-0.4, -0.2) is 35.7 Å². The number of carbonyl (C=O) groups excluding carboxylic acids is 1. The van der Waals surface area contributed by atoms with E-state index in [4.69, 9.17) is 27.9 Å². The third-order valence-corrected chi connectivity index (χ3v) is 5.78. The van der Waals surface area contributed by atoms with Gasteiger partial charge in [-0.3, -0.25) is 0 Å². The summed E-state index contributed by atoms with van der Waals surface area (Å²) in [5.74, 6) is 0. The molecule has 0 radical (unpaired) electrons. The molecule has 0 atom stereocenters. The number of anilines is 1.